The van der Waals surface area contributed by atoms with Crippen LogP contribution in [0.4, 0.5) is 5.69 Å². The Morgan fingerprint density at radius 3 is 2.32 bits per heavy atom. The molecular weight excluding hydrogens is 390 g/mol. The van der Waals surface area contributed by atoms with Gasteiger partial charge in [-0.2, -0.15) is 0 Å². The van der Waals surface area contributed by atoms with Gasteiger partial charge in [-0.15, -0.1) is 0 Å². The number of ether oxygens (including phenoxy) is 1. The first-order chi connectivity index (χ1) is 14.9. The molecule has 1 fully saturated rings. The van der Waals surface area contributed by atoms with E-state index in [1.165, 1.54) is 4.90 Å². The molecule has 1 aliphatic heterocycles. The SMILES string of the molecule is COc1ccccc1C1/C(=C(\O)c2ccccc2)C(=O)C(=O)N1c1cc(C)ccc1C. The van der Waals surface area contributed by atoms with E-state index in [2.05, 4.69) is 0 Å². The van der Waals surface area contributed by atoms with Gasteiger partial charge in [0.2, 0.25) is 0 Å². The largest absolute Gasteiger partial charge is 0.507 e. The van der Waals surface area contributed by atoms with Crippen LogP contribution in [-0.4, -0.2) is 23.9 Å². The highest BCUT2D eigenvalue weighted by molar-refractivity contribution is 6.51. The molecule has 1 saturated heterocycles. The molecule has 1 unspecified atom stereocenters. The zero-order chi connectivity index (χ0) is 22.1. The van der Waals surface area contributed by atoms with Crippen LogP contribution in [0.25, 0.3) is 5.76 Å². The van der Waals surface area contributed by atoms with E-state index in [1.807, 2.05) is 56.3 Å². The summed E-state index contributed by atoms with van der Waals surface area (Å²) in [7, 11) is 1.54. The highest BCUT2D eigenvalue weighted by atomic mass is 16.5. The Morgan fingerprint density at radius 1 is 0.935 bits per heavy atom. The van der Waals surface area contributed by atoms with E-state index in [0.29, 0.717) is 22.6 Å². The van der Waals surface area contributed by atoms with Gasteiger partial charge in [0, 0.05) is 16.8 Å². The normalized spacial score (nSPS) is 17.8. The first-order valence-corrected chi connectivity index (χ1v) is 10.0. The van der Waals surface area contributed by atoms with Gasteiger partial charge in [-0.25, -0.2) is 0 Å². The van der Waals surface area contributed by atoms with Gasteiger partial charge in [-0.05, 0) is 37.1 Å². The van der Waals surface area contributed by atoms with Gasteiger partial charge in [0.05, 0.1) is 18.7 Å². The number of rotatable bonds is 4. The standard InChI is InChI=1S/C26H23NO4/c1-16-13-14-17(2)20(15-16)27-23(19-11-7-8-12-21(19)31-3)22(25(29)26(27)30)24(28)18-9-5-4-6-10-18/h4-15,23,28H,1-3H3/b24-22+. The van der Waals surface area contributed by atoms with E-state index in [4.69, 9.17) is 4.74 Å². The Morgan fingerprint density at radius 2 is 1.61 bits per heavy atom. The molecule has 4 rings (SSSR count). The smallest absolute Gasteiger partial charge is 0.300 e. The summed E-state index contributed by atoms with van der Waals surface area (Å²) in [5.74, 6) is -1.08. The summed E-state index contributed by atoms with van der Waals surface area (Å²) < 4.78 is 5.55. The van der Waals surface area contributed by atoms with Crippen LogP contribution in [0.2, 0.25) is 0 Å². The third kappa shape index (κ3) is 3.48. The van der Waals surface area contributed by atoms with E-state index in [9.17, 15) is 14.7 Å². The number of Topliss-reactive ketones (excluding diaryl/α,β-unsaturated/α-hetero) is 1. The van der Waals surface area contributed by atoms with Crippen molar-refractivity contribution in [3.05, 3.63) is 101 Å². The van der Waals surface area contributed by atoms with Gasteiger partial charge in [0.15, 0.2) is 0 Å². The quantitative estimate of drug-likeness (QED) is 0.374. The molecule has 0 radical (unpaired) electrons. The maximum absolute atomic E-state index is 13.3. The van der Waals surface area contributed by atoms with Crippen LogP contribution in [0, 0.1) is 13.8 Å². The Kier molecular flexibility index (Phi) is 5.34. The number of hydrogen-bond acceptors (Lipinski definition) is 4. The van der Waals surface area contributed by atoms with Crippen LogP contribution < -0.4 is 9.64 Å². The third-order valence-corrected chi connectivity index (χ3v) is 5.55. The summed E-state index contributed by atoms with van der Waals surface area (Å²) in [6.45, 7) is 3.83. The number of anilines is 1. The molecule has 156 valence electrons. The molecule has 1 atom stereocenters. The molecule has 5 heteroatoms. The van der Waals surface area contributed by atoms with Crippen LogP contribution >= 0.6 is 0 Å². The fourth-order valence-electron chi connectivity index (χ4n) is 4.00. The Balaban J connectivity index is 2.03. The molecule has 0 saturated carbocycles. The molecule has 0 aromatic heterocycles. The number of amides is 1. The number of para-hydroxylation sites is 1. The number of benzene rings is 3. The molecule has 31 heavy (non-hydrogen) atoms. The molecule has 0 spiro atoms. The van der Waals surface area contributed by atoms with Crippen molar-refractivity contribution >= 4 is 23.1 Å². The Bertz CT molecular complexity index is 1200. The van der Waals surface area contributed by atoms with Crippen LogP contribution in [0.5, 0.6) is 5.75 Å². The van der Waals surface area contributed by atoms with E-state index < -0.39 is 17.7 Å². The molecule has 0 aliphatic carbocycles. The number of carbonyl (C=O) groups is 2. The maximum atomic E-state index is 13.3. The summed E-state index contributed by atoms with van der Waals surface area (Å²) in [6.07, 6.45) is 0. The molecule has 1 N–H and O–H groups in total. The number of aryl methyl sites for hydroxylation is 2. The molecule has 0 bridgehead atoms. The van der Waals surface area contributed by atoms with Crippen molar-refractivity contribution in [2.24, 2.45) is 0 Å². The molecule has 3 aromatic rings. The van der Waals surface area contributed by atoms with Crippen molar-refractivity contribution in [3.63, 3.8) is 0 Å². The molecule has 3 aromatic carbocycles. The molecule has 5 nitrogen and oxygen atoms in total. The number of nitrogens with zero attached hydrogens (tertiary/aromatic N) is 1. The zero-order valence-corrected chi connectivity index (χ0v) is 17.6. The van der Waals surface area contributed by atoms with Gasteiger partial charge in [0.1, 0.15) is 11.5 Å². The minimum Gasteiger partial charge on any atom is -0.507 e. The topological polar surface area (TPSA) is 66.8 Å². The number of carbonyl (C=O) groups excluding carboxylic acids is 2. The number of hydrogen-bond donors (Lipinski definition) is 1. The summed E-state index contributed by atoms with van der Waals surface area (Å²) in [4.78, 5) is 28.0. The lowest BCUT2D eigenvalue weighted by Gasteiger charge is -2.28. The van der Waals surface area contributed by atoms with Gasteiger partial charge in [-0.1, -0.05) is 60.7 Å². The van der Waals surface area contributed by atoms with Crippen molar-refractivity contribution in [1.82, 2.24) is 0 Å². The van der Waals surface area contributed by atoms with Gasteiger partial charge in [-0.3, -0.25) is 14.5 Å². The van der Waals surface area contributed by atoms with Gasteiger partial charge < -0.3 is 9.84 Å². The van der Waals surface area contributed by atoms with Crippen LogP contribution in [0.3, 0.4) is 0 Å². The number of aliphatic hydroxyl groups is 1. The minimum absolute atomic E-state index is 0.0432. The first-order valence-electron chi connectivity index (χ1n) is 10.0. The van der Waals surface area contributed by atoms with Crippen molar-refractivity contribution in [2.45, 2.75) is 19.9 Å². The molecule has 1 amide bonds. The molecule has 1 aliphatic rings. The fourth-order valence-corrected chi connectivity index (χ4v) is 4.00. The van der Waals surface area contributed by atoms with E-state index >= 15 is 0 Å². The zero-order valence-electron chi connectivity index (χ0n) is 17.6. The monoisotopic (exact) mass is 413 g/mol. The van der Waals surface area contributed by atoms with E-state index in [1.54, 1.807) is 37.4 Å². The predicted octanol–water partition coefficient (Wildman–Crippen LogP) is 4.94. The van der Waals surface area contributed by atoms with Crippen LogP contribution in [0.15, 0.2) is 78.4 Å². The second-order valence-corrected chi connectivity index (χ2v) is 7.57. The van der Waals surface area contributed by atoms with Crippen molar-refractivity contribution in [3.8, 4) is 5.75 Å². The summed E-state index contributed by atoms with van der Waals surface area (Å²) in [5, 5.41) is 11.1. The predicted molar refractivity (Wildman–Crippen MR) is 120 cm³/mol. The van der Waals surface area contributed by atoms with Gasteiger partial charge in [0.25, 0.3) is 11.7 Å². The molecular formula is C26H23NO4. The first kappa shape index (κ1) is 20.4. The van der Waals surface area contributed by atoms with Crippen molar-refractivity contribution < 1.29 is 19.4 Å². The number of methoxy groups -OCH3 is 1. The average molecular weight is 413 g/mol. The minimum atomic E-state index is -0.822. The lowest BCUT2D eigenvalue weighted by atomic mass is 9.94. The second kappa shape index (κ2) is 8.11. The third-order valence-electron chi connectivity index (χ3n) is 5.55. The lowest BCUT2D eigenvalue weighted by Crippen LogP contribution is -2.30. The van der Waals surface area contributed by atoms with Crippen LogP contribution in [-0.2, 0) is 9.59 Å². The number of ketones is 1. The average Bonchev–Trinajstić information content (AvgIpc) is 3.05. The second-order valence-electron chi connectivity index (χ2n) is 7.57. The lowest BCUT2D eigenvalue weighted by molar-refractivity contribution is -0.132. The maximum Gasteiger partial charge on any atom is 0.300 e. The van der Waals surface area contributed by atoms with Crippen molar-refractivity contribution in [2.75, 3.05) is 12.0 Å². The summed E-state index contributed by atoms with van der Waals surface area (Å²) in [6, 6.07) is 20.9. The van der Waals surface area contributed by atoms with Gasteiger partial charge >= 0.3 is 0 Å². The highest BCUT2D eigenvalue weighted by Gasteiger charge is 2.48. The summed E-state index contributed by atoms with van der Waals surface area (Å²) >= 11 is 0. The Hall–Kier alpha value is -3.86. The highest BCUT2D eigenvalue weighted by Crippen LogP contribution is 2.45. The van der Waals surface area contributed by atoms with Crippen molar-refractivity contribution in [1.29, 1.82) is 0 Å². The van der Waals surface area contributed by atoms with E-state index in [0.717, 1.165) is 11.1 Å². The van der Waals surface area contributed by atoms with E-state index in [-0.39, 0.29) is 11.3 Å². The molecule has 1 heterocycles. The Labute approximate surface area is 181 Å². The van der Waals surface area contributed by atoms with Crippen LogP contribution in [0.1, 0.15) is 28.3 Å². The fraction of sp³-hybridized carbons (Fsp3) is 0.154. The summed E-state index contributed by atoms with van der Waals surface area (Å²) in [5.41, 5.74) is 3.59. The number of aliphatic hydroxyl groups excluding tert-OH is 1.